The van der Waals surface area contributed by atoms with Crippen LogP contribution in [-0.2, 0) is 0 Å². The highest BCUT2D eigenvalue weighted by atomic mass is 28.3. The topological polar surface area (TPSA) is 14.8 Å². The average Bonchev–Trinajstić information content (AvgIpc) is 4.22. The molecule has 0 amide bonds. The van der Waals surface area contributed by atoms with Crippen LogP contribution in [0, 0.1) is 0 Å². The molecule has 0 atom stereocenters. The fourth-order valence-electron chi connectivity index (χ4n) is 12.8. The summed E-state index contributed by atoms with van der Waals surface area (Å²) in [5.41, 5.74) is 15.2. The fourth-order valence-corrected chi connectivity index (χ4v) is 17.7. The van der Waals surface area contributed by atoms with Gasteiger partial charge in [0.05, 0.1) is 38.8 Å². The van der Waals surface area contributed by atoms with Gasteiger partial charge in [-0.2, -0.15) is 0 Å². The lowest BCUT2D eigenvalue weighted by atomic mass is 10.0. The molecule has 3 aromatic heterocycles. The van der Waals surface area contributed by atoms with E-state index in [1.54, 1.807) is 0 Å². The molecule has 15 rings (SSSR count). The van der Waals surface area contributed by atoms with Crippen molar-refractivity contribution in [3.8, 4) is 39.3 Å². The Bertz CT molecular complexity index is 4570. The Labute approximate surface area is 442 Å². The van der Waals surface area contributed by atoms with Crippen LogP contribution in [0.25, 0.3) is 105 Å². The molecule has 0 aliphatic carbocycles. The van der Waals surface area contributed by atoms with Gasteiger partial charge in [-0.1, -0.05) is 237 Å². The Morgan fingerprint density at radius 3 is 1.28 bits per heavy atom. The molecule has 356 valence electrons. The maximum Gasteiger partial charge on any atom is 0.181 e. The van der Waals surface area contributed by atoms with E-state index in [4.69, 9.17) is 0 Å². The second-order valence-corrected chi connectivity index (χ2v) is 23.8. The van der Waals surface area contributed by atoms with Crippen LogP contribution >= 0.6 is 0 Å². The fraction of sp³-hybridized carbons (Fsp3) is 0. The van der Waals surface area contributed by atoms with Crippen LogP contribution in [0.3, 0.4) is 0 Å². The standard InChI is InChI=1S/C72H49N3Si/c1-6-24-50(25-7-1)52-44-45-67-63(48-52)60-35-17-20-39-65(60)75(67)69-42-23-41-68-71(69)62-36-18-21-40-66(62)73(68)54-46-53(51-26-8-2-9-27-51)47-55(49-54)74-64-38-19-16-34-59(64)61-37-22-43-70(72(61)74)76(56-28-10-3-11-29-56,57-30-12-4-13-31-57)58-32-14-5-15-33-58/h1-49H. The van der Waals surface area contributed by atoms with Crippen LogP contribution < -0.4 is 20.7 Å². The molecular formula is C72H49N3Si. The largest absolute Gasteiger partial charge is 0.309 e. The van der Waals surface area contributed by atoms with E-state index < -0.39 is 8.07 Å². The molecule has 15 aromatic rings. The zero-order valence-electron chi connectivity index (χ0n) is 41.6. The summed E-state index contributed by atoms with van der Waals surface area (Å²) >= 11 is 0. The number of hydrogen-bond donors (Lipinski definition) is 0. The Balaban J connectivity index is 1.04. The van der Waals surface area contributed by atoms with Gasteiger partial charge in [0.2, 0.25) is 0 Å². The van der Waals surface area contributed by atoms with E-state index in [1.165, 1.54) is 86.3 Å². The van der Waals surface area contributed by atoms with Crippen LogP contribution in [0.2, 0.25) is 0 Å². The Morgan fingerprint density at radius 1 is 0.237 bits per heavy atom. The third kappa shape index (κ3) is 6.68. The summed E-state index contributed by atoms with van der Waals surface area (Å²) < 4.78 is 7.59. The smallest absolute Gasteiger partial charge is 0.181 e. The Kier molecular flexibility index (Phi) is 10.2. The van der Waals surface area contributed by atoms with Gasteiger partial charge in [0.1, 0.15) is 0 Å². The van der Waals surface area contributed by atoms with Gasteiger partial charge < -0.3 is 13.7 Å². The summed E-state index contributed by atoms with van der Waals surface area (Å²) in [6.07, 6.45) is 0. The highest BCUT2D eigenvalue weighted by Crippen LogP contribution is 2.42. The molecule has 12 aromatic carbocycles. The second kappa shape index (κ2) is 17.7. The first-order valence-electron chi connectivity index (χ1n) is 26.3. The minimum atomic E-state index is -3.03. The zero-order chi connectivity index (χ0) is 50.2. The first kappa shape index (κ1) is 43.8. The molecule has 0 saturated carbocycles. The molecule has 76 heavy (non-hydrogen) atoms. The van der Waals surface area contributed by atoms with E-state index in [-0.39, 0.29) is 0 Å². The predicted octanol–water partition coefficient (Wildman–Crippen LogP) is 15.7. The van der Waals surface area contributed by atoms with E-state index in [9.17, 15) is 0 Å². The molecule has 3 heterocycles. The van der Waals surface area contributed by atoms with Crippen molar-refractivity contribution in [1.82, 2.24) is 13.7 Å². The van der Waals surface area contributed by atoms with Crippen LogP contribution in [0.15, 0.2) is 297 Å². The van der Waals surface area contributed by atoms with Gasteiger partial charge in [0, 0.05) is 43.7 Å². The minimum Gasteiger partial charge on any atom is -0.309 e. The Morgan fingerprint density at radius 2 is 0.671 bits per heavy atom. The molecular weight excluding hydrogens is 935 g/mol. The number of nitrogens with zero attached hydrogens (tertiary/aromatic N) is 3. The highest BCUT2D eigenvalue weighted by Gasteiger charge is 2.43. The molecule has 0 aliphatic rings. The van der Waals surface area contributed by atoms with Crippen LogP contribution in [0.5, 0.6) is 0 Å². The van der Waals surface area contributed by atoms with Gasteiger partial charge in [-0.15, -0.1) is 0 Å². The molecule has 0 spiro atoms. The molecule has 0 saturated heterocycles. The van der Waals surface area contributed by atoms with Crippen LogP contribution in [-0.4, -0.2) is 21.8 Å². The van der Waals surface area contributed by atoms with E-state index in [0.717, 1.165) is 39.2 Å². The number of para-hydroxylation sites is 4. The van der Waals surface area contributed by atoms with Gasteiger partial charge in [-0.25, -0.2) is 0 Å². The average molecular weight is 984 g/mol. The SMILES string of the molecule is c1ccc(-c2cc(-n3c4ccccc4c4c(-n5c6ccccc6c6cc(-c7ccccc7)ccc65)cccc43)cc(-n3c4ccccc4c4cccc([Si](c5ccccc5)(c5ccccc5)c5ccccc5)c43)c2)cc1. The Hall–Kier alpha value is -9.74. The lowest BCUT2D eigenvalue weighted by Crippen LogP contribution is -2.75. The maximum atomic E-state index is 2.59. The molecule has 0 unspecified atom stereocenters. The molecule has 0 fully saturated rings. The summed E-state index contributed by atoms with van der Waals surface area (Å²) in [7, 11) is -3.03. The predicted molar refractivity (Wildman–Crippen MR) is 324 cm³/mol. The number of fused-ring (bicyclic) bond motifs is 9. The van der Waals surface area contributed by atoms with Gasteiger partial charge in [0.15, 0.2) is 8.07 Å². The van der Waals surface area contributed by atoms with E-state index in [1.807, 2.05) is 0 Å². The molecule has 0 radical (unpaired) electrons. The van der Waals surface area contributed by atoms with Crippen molar-refractivity contribution in [3.05, 3.63) is 297 Å². The van der Waals surface area contributed by atoms with Gasteiger partial charge >= 0.3 is 0 Å². The number of rotatable bonds is 9. The third-order valence-electron chi connectivity index (χ3n) is 15.9. The maximum absolute atomic E-state index is 3.03. The van der Waals surface area contributed by atoms with Crippen molar-refractivity contribution in [3.63, 3.8) is 0 Å². The summed E-state index contributed by atoms with van der Waals surface area (Å²) in [6.45, 7) is 0. The van der Waals surface area contributed by atoms with Gasteiger partial charge in [0.25, 0.3) is 0 Å². The second-order valence-electron chi connectivity index (χ2n) is 20.0. The minimum absolute atomic E-state index is 1.09. The monoisotopic (exact) mass is 983 g/mol. The summed E-state index contributed by atoms with van der Waals surface area (Å²) in [6, 6.07) is 111. The van der Waals surface area contributed by atoms with Crippen molar-refractivity contribution in [2.24, 2.45) is 0 Å². The first-order valence-corrected chi connectivity index (χ1v) is 28.3. The highest BCUT2D eigenvalue weighted by molar-refractivity contribution is 7.20. The third-order valence-corrected chi connectivity index (χ3v) is 20.8. The molecule has 0 bridgehead atoms. The van der Waals surface area contributed by atoms with Gasteiger partial charge in [-0.3, -0.25) is 0 Å². The lowest BCUT2D eigenvalue weighted by molar-refractivity contribution is 1.13. The molecule has 0 aliphatic heterocycles. The number of hydrogen-bond acceptors (Lipinski definition) is 0. The molecule has 0 N–H and O–H groups in total. The zero-order valence-corrected chi connectivity index (χ0v) is 42.6. The molecule has 4 heteroatoms. The lowest BCUT2D eigenvalue weighted by Gasteiger charge is -2.35. The molecule has 3 nitrogen and oxygen atoms in total. The first-order chi connectivity index (χ1) is 37.7. The van der Waals surface area contributed by atoms with Crippen LogP contribution in [0.1, 0.15) is 0 Å². The van der Waals surface area contributed by atoms with Gasteiger partial charge in [-0.05, 0) is 104 Å². The summed E-state index contributed by atoms with van der Waals surface area (Å²) in [4.78, 5) is 0. The normalized spacial score (nSPS) is 11.9. The van der Waals surface area contributed by atoms with E-state index >= 15 is 0 Å². The van der Waals surface area contributed by atoms with Crippen molar-refractivity contribution in [2.45, 2.75) is 0 Å². The van der Waals surface area contributed by atoms with Crippen LogP contribution in [0.4, 0.5) is 0 Å². The summed E-state index contributed by atoms with van der Waals surface area (Å²) in [5.74, 6) is 0. The van der Waals surface area contributed by atoms with E-state index in [2.05, 4.69) is 311 Å². The van der Waals surface area contributed by atoms with Crippen molar-refractivity contribution >= 4 is 94.2 Å². The number of aromatic nitrogens is 3. The van der Waals surface area contributed by atoms with Crippen molar-refractivity contribution in [2.75, 3.05) is 0 Å². The van der Waals surface area contributed by atoms with Crippen molar-refractivity contribution < 1.29 is 0 Å². The quantitative estimate of drug-likeness (QED) is 0.101. The number of benzene rings is 12. The summed E-state index contributed by atoms with van der Waals surface area (Å²) in [5, 5.41) is 12.7. The van der Waals surface area contributed by atoms with E-state index in [0.29, 0.717) is 0 Å². The van der Waals surface area contributed by atoms with Crippen molar-refractivity contribution in [1.29, 1.82) is 0 Å².